The number of benzene rings is 1. The Morgan fingerprint density at radius 3 is 2.85 bits per heavy atom. The number of hydrogen-bond donors (Lipinski definition) is 2. The topological polar surface area (TPSA) is 43.7 Å². The van der Waals surface area contributed by atoms with Gasteiger partial charge in [-0.2, -0.15) is 0 Å². The molecule has 0 amide bonds. The predicted octanol–water partition coefficient (Wildman–Crippen LogP) is 3.26. The van der Waals surface area contributed by atoms with Crippen LogP contribution in [0.5, 0.6) is 0 Å². The Morgan fingerprint density at radius 1 is 1.30 bits per heavy atom. The van der Waals surface area contributed by atoms with Crippen LogP contribution in [0.25, 0.3) is 0 Å². The average Bonchev–Trinajstić information content (AvgIpc) is 2.48. The second-order valence-electron chi connectivity index (χ2n) is 5.32. The molecular formula is C15H21Cl2NO2. The number of rotatable bonds is 5. The standard InChI is InChI=1S/C15H21Cl2NO2/c16-13-6-3-5-12(15(13)17)14(20)7-9-18-8-2-1-4-11(18)10-19/h3,5-6,11,14,19-20H,1-2,4,7-10H2. The van der Waals surface area contributed by atoms with E-state index in [0.29, 0.717) is 22.0 Å². The highest BCUT2D eigenvalue weighted by molar-refractivity contribution is 6.42. The first-order valence-corrected chi connectivity index (χ1v) is 7.86. The van der Waals surface area contributed by atoms with E-state index < -0.39 is 6.10 Å². The second kappa shape index (κ2) is 7.62. The molecule has 2 unspecified atom stereocenters. The fourth-order valence-corrected chi connectivity index (χ4v) is 3.22. The van der Waals surface area contributed by atoms with Gasteiger partial charge in [0, 0.05) is 18.2 Å². The van der Waals surface area contributed by atoms with E-state index in [2.05, 4.69) is 4.90 Å². The van der Waals surface area contributed by atoms with Gasteiger partial charge in [0.05, 0.1) is 22.8 Å². The van der Waals surface area contributed by atoms with Gasteiger partial charge >= 0.3 is 0 Å². The molecule has 2 N–H and O–H groups in total. The Kier molecular flexibility index (Phi) is 6.12. The summed E-state index contributed by atoms with van der Waals surface area (Å²) in [6.45, 7) is 1.93. The Balaban J connectivity index is 1.94. The Hall–Kier alpha value is -0.320. The minimum Gasteiger partial charge on any atom is -0.395 e. The summed E-state index contributed by atoms with van der Waals surface area (Å²) in [6, 6.07) is 5.54. The highest BCUT2D eigenvalue weighted by Crippen LogP contribution is 2.31. The molecule has 1 aromatic rings. The molecule has 0 radical (unpaired) electrons. The third kappa shape index (κ3) is 3.86. The lowest BCUT2D eigenvalue weighted by molar-refractivity contribution is 0.0697. The second-order valence-corrected chi connectivity index (χ2v) is 6.10. The molecule has 0 aliphatic carbocycles. The van der Waals surface area contributed by atoms with Crippen LogP contribution in [-0.4, -0.2) is 40.9 Å². The fourth-order valence-electron chi connectivity index (χ4n) is 2.78. The van der Waals surface area contributed by atoms with Crippen LogP contribution in [0.1, 0.15) is 37.4 Å². The van der Waals surface area contributed by atoms with Crippen LogP contribution in [0.3, 0.4) is 0 Å². The minimum atomic E-state index is -0.623. The first-order chi connectivity index (χ1) is 9.63. The van der Waals surface area contributed by atoms with Crippen molar-refractivity contribution in [2.45, 2.75) is 37.8 Å². The van der Waals surface area contributed by atoms with Crippen molar-refractivity contribution in [3.8, 4) is 0 Å². The number of aliphatic hydroxyl groups is 2. The Bertz CT molecular complexity index is 442. The Labute approximate surface area is 130 Å². The molecule has 2 atom stereocenters. The molecule has 0 spiro atoms. The van der Waals surface area contributed by atoms with Gasteiger partial charge in [-0.15, -0.1) is 0 Å². The van der Waals surface area contributed by atoms with Gasteiger partial charge in [-0.05, 0) is 31.9 Å². The summed E-state index contributed by atoms with van der Waals surface area (Å²) in [5.41, 5.74) is 0.678. The quantitative estimate of drug-likeness (QED) is 0.876. The van der Waals surface area contributed by atoms with E-state index >= 15 is 0 Å². The van der Waals surface area contributed by atoms with Crippen LogP contribution < -0.4 is 0 Å². The average molecular weight is 318 g/mol. The van der Waals surface area contributed by atoms with Crippen LogP contribution in [0, 0.1) is 0 Å². The molecule has 1 aliphatic heterocycles. The third-order valence-electron chi connectivity index (χ3n) is 3.99. The van der Waals surface area contributed by atoms with E-state index in [1.165, 1.54) is 6.42 Å². The van der Waals surface area contributed by atoms with Crippen molar-refractivity contribution < 1.29 is 10.2 Å². The molecule has 5 heteroatoms. The molecule has 2 rings (SSSR count). The zero-order chi connectivity index (χ0) is 14.5. The van der Waals surface area contributed by atoms with Gasteiger partial charge in [-0.3, -0.25) is 4.90 Å². The maximum absolute atomic E-state index is 10.3. The number of piperidine rings is 1. The van der Waals surface area contributed by atoms with Crippen molar-refractivity contribution in [3.05, 3.63) is 33.8 Å². The molecule has 20 heavy (non-hydrogen) atoms. The van der Waals surface area contributed by atoms with Crippen LogP contribution in [0.2, 0.25) is 10.0 Å². The molecule has 1 aromatic carbocycles. The minimum absolute atomic E-state index is 0.189. The predicted molar refractivity (Wildman–Crippen MR) is 82.3 cm³/mol. The van der Waals surface area contributed by atoms with Gasteiger partial charge in [0.15, 0.2) is 0 Å². The van der Waals surface area contributed by atoms with Gasteiger partial charge in [0.1, 0.15) is 0 Å². The maximum atomic E-state index is 10.3. The number of hydrogen-bond acceptors (Lipinski definition) is 3. The summed E-state index contributed by atoms with van der Waals surface area (Å²) < 4.78 is 0. The van der Waals surface area contributed by atoms with Crippen LogP contribution >= 0.6 is 23.2 Å². The van der Waals surface area contributed by atoms with Crippen LogP contribution in [0.15, 0.2) is 18.2 Å². The summed E-state index contributed by atoms with van der Waals surface area (Å²) in [4.78, 5) is 2.26. The first kappa shape index (κ1) is 16.1. The number of halogens is 2. The van der Waals surface area contributed by atoms with Crippen molar-refractivity contribution in [2.24, 2.45) is 0 Å². The van der Waals surface area contributed by atoms with Crippen LogP contribution in [-0.2, 0) is 0 Å². The molecule has 0 aromatic heterocycles. The molecule has 1 saturated heterocycles. The van der Waals surface area contributed by atoms with E-state index in [1.807, 2.05) is 0 Å². The van der Waals surface area contributed by atoms with Gasteiger partial charge in [0.25, 0.3) is 0 Å². The highest BCUT2D eigenvalue weighted by Gasteiger charge is 2.22. The van der Waals surface area contributed by atoms with E-state index in [-0.39, 0.29) is 12.6 Å². The van der Waals surface area contributed by atoms with Crippen molar-refractivity contribution >= 4 is 23.2 Å². The van der Waals surface area contributed by atoms with Crippen molar-refractivity contribution in [1.82, 2.24) is 4.90 Å². The van der Waals surface area contributed by atoms with Gasteiger partial charge in [0.2, 0.25) is 0 Å². The summed E-state index contributed by atoms with van der Waals surface area (Å²) >= 11 is 12.1. The van der Waals surface area contributed by atoms with E-state index in [4.69, 9.17) is 23.2 Å². The Morgan fingerprint density at radius 2 is 2.10 bits per heavy atom. The lowest BCUT2D eigenvalue weighted by atomic mass is 10.0. The van der Waals surface area contributed by atoms with Crippen LogP contribution in [0.4, 0.5) is 0 Å². The van der Waals surface area contributed by atoms with E-state index in [1.54, 1.807) is 18.2 Å². The van der Waals surface area contributed by atoms with E-state index in [0.717, 1.165) is 25.9 Å². The first-order valence-electron chi connectivity index (χ1n) is 7.10. The van der Waals surface area contributed by atoms with Crippen molar-refractivity contribution in [2.75, 3.05) is 19.7 Å². The van der Waals surface area contributed by atoms with Gasteiger partial charge in [-0.1, -0.05) is 41.8 Å². The fraction of sp³-hybridized carbons (Fsp3) is 0.600. The van der Waals surface area contributed by atoms with E-state index in [9.17, 15) is 10.2 Å². The molecule has 0 saturated carbocycles. The summed E-state index contributed by atoms with van der Waals surface area (Å²) in [5, 5.41) is 20.6. The van der Waals surface area contributed by atoms with Crippen molar-refractivity contribution in [3.63, 3.8) is 0 Å². The lowest BCUT2D eigenvalue weighted by Gasteiger charge is -2.35. The molecule has 3 nitrogen and oxygen atoms in total. The van der Waals surface area contributed by atoms with Gasteiger partial charge in [-0.25, -0.2) is 0 Å². The highest BCUT2D eigenvalue weighted by atomic mass is 35.5. The van der Waals surface area contributed by atoms with Gasteiger partial charge < -0.3 is 10.2 Å². The lowest BCUT2D eigenvalue weighted by Crippen LogP contribution is -2.42. The molecule has 1 aliphatic rings. The molecule has 0 bridgehead atoms. The van der Waals surface area contributed by atoms with Crippen molar-refractivity contribution in [1.29, 1.82) is 0 Å². The maximum Gasteiger partial charge on any atom is 0.0817 e. The smallest absolute Gasteiger partial charge is 0.0817 e. The SMILES string of the molecule is OCC1CCCCN1CCC(O)c1cccc(Cl)c1Cl. The zero-order valence-electron chi connectivity index (χ0n) is 11.4. The molecule has 112 valence electrons. The normalized spacial score (nSPS) is 21.9. The largest absolute Gasteiger partial charge is 0.395 e. The number of aliphatic hydroxyl groups excluding tert-OH is 2. The molecule has 1 fully saturated rings. The molecular weight excluding hydrogens is 297 g/mol. The zero-order valence-corrected chi connectivity index (χ0v) is 12.9. The summed E-state index contributed by atoms with van der Waals surface area (Å²) in [5.74, 6) is 0. The molecule has 1 heterocycles. The third-order valence-corrected chi connectivity index (χ3v) is 4.82. The monoisotopic (exact) mass is 317 g/mol. The number of likely N-dealkylation sites (tertiary alicyclic amines) is 1. The summed E-state index contributed by atoms with van der Waals surface area (Å²) in [7, 11) is 0. The number of nitrogens with zero attached hydrogens (tertiary/aromatic N) is 1. The summed E-state index contributed by atoms with van der Waals surface area (Å²) in [6.07, 6.45) is 3.33.